The Bertz CT molecular complexity index is 557. The Hall–Kier alpha value is -1.33. The van der Waals surface area contributed by atoms with Crippen molar-refractivity contribution in [1.82, 2.24) is 4.98 Å². The zero-order chi connectivity index (χ0) is 12.3. The predicted molar refractivity (Wildman–Crippen MR) is 73.5 cm³/mol. The van der Waals surface area contributed by atoms with Gasteiger partial charge < -0.3 is 5.73 Å². The molecule has 0 spiro atoms. The summed E-state index contributed by atoms with van der Waals surface area (Å²) in [5, 5.41) is 8.25. The molecule has 0 radical (unpaired) electrons. The molecule has 0 aliphatic rings. The first-order valence-electron chi connectivity index (χ1n) is 4.89. The number of halogens is 1. The van der Waals surface area contributed by atoms with Gasteiger partial charge in [0.1, 0.15) is 10.9 Å². The summed E-state index contributed by atoms with van der Waals surface area (Å²) in [5.41, 5.74) is 6.18. The van der Waals surface area contributed by atoms with Crippen molar-refractivity contribution in [1.29, 1.82) is 5.41 Å². The van der Waals surface area contributed by atoms with Crippen LogP contribution in [-0.4, -0.2) is 10.8 Å². The van der Waals surface area contributed by atoms with Crippen LogP contribution in [0.2, 0.25) is 0 Å². The third-order valence-electron chi connectivity index (χ3n) is 2.07. The Morgan fingerprint density at radius 3 is 2.82 bits per heavy atom. The van der Waals surface area contributed by atoms with Crippen molar-refractivity contribution in [3.8, 4) is 0 Å². The lowest BCUT2D eigenvalue weighted by atomic mass is 10.3. The number of nitrogens with zero attached hydrogens (tertiary/aromatic N) is 1. The van der Waals surface area contributed by atoms with E-state index >= 15 is 0 Å². The van der Waals surface area contributed by atoms with Crippen LogP contribution in [0.3, 0.4) is 0 Å². The first-order valence-corrected chi connectivity index (χ1v) is 6.50. The van der Waals surface area contributed by atoms with Gasteiger partial charge in [-0.1, -0.05) is 33.8 Å². The fraction of sp³-hybridized carbons (Fsp3) is 0. The molecule has 3 nitrogen and oxygen atoms in total. The Kier molecular flexibility index (Phi) is 3.81. The number of aromatic nitrogens is 1. The van der Waals surface area contributed by atoms with Gasteiger partial charge in [0.2, 0.25) is 0 Å². The smallest absolute Gasteiger partial charge is 0.125 e. The van der Waals surface area contributed by atoms with E-state index in [0.717, 1.165) is 14.4 Å². The van der Waals surface area contributed by atoms with E-state index in [1.807, 2.05) is 24.3 Å². The fourth-order valence-electron chi connectivity index (χ4n) is 1.32. The van der Waals surface area contributed by atoms with Crippen molar-refractivity contribution in [3.05, 3.63) is 52.6 Å². The molecule has 0 bridgehead atoms. The zero-order valence-corrected chi connectivity index (χ0v) is 11.3. The molecular formula is C12H10BrN3S. The normalized spacial score (nSPS) is 10.2. The van der Waals surface area contributed by atoms with Crippen LogP contribution in [-0.2, 0) is 0 Å². The summed E-state index contributed by atoms with van der Waals surface area (Å²) < 4.78 is 1.02. The van der Waals surface area contributed by atoms with Gasteiger partial charge in [0.05, 0.1) is 0 Å². The molecular weight excluding hydrogens is 298 g/mol. The number of benzene rings is 1. The van der Waals surface area contributed by atoms with Crippen LogP contribution in [0, 0.1) is 5.41 Å². The first-order chi connectivity index (χ1) is 8.16. The summed E-state index contributed by atoms with van der Waals surface area (Å²) in [6.07, 6.45) is 1.70. The number of rotatable bonds is 3. The van der Waals surface area contributed by atoms with Crippen molar-refractivity contribution in [2.75, 3.05) is 0 Å². The van der Waals surface area contributed by atoms with E-state index in [9.17, 15) is 0 Å². The molecule has 0 amide bonds. The standard InChI is InChI=1S/C12H10BrN3S/c13-8-3-1-4-9(7-8)17-12-10(11(14)15)5-2-6-16-12/h1-7H,(H3,14,15). The lowest BCUT2D eigenvalue weighted by molar-refractivity contribution is 1.11. The van der Waals surface area contributed by atoms with Gasteiger partial charge in [0.25, 0.3) is 0 Å². The summed E-state index contributed by atoms with van der Waals surface area (Å²) in [6.45, 7) is 0. The highest BCUT2D eigenvalue weighted by atomic mass is 79.9. The van der Waals surface area contributed by atoms with Gasteiger partial charge >= 0.3 is 0 Å². The van der Waals surface area contributed by atoms with Gasteiger partial charge in [-0.25, -0.2) is 4.98 Å². The van der Waals surface area contributed by atoms with Crippen molar-refractivity contribution in [3.63, 3.8) is 0 Å². The lowest BCUT2D eigenvalue weighted by Gasteiger charge is -2.06. The average Bonchev–Trinajstić information content (AvgIpc) is 2.29. The maximum atomic E-state index is 7.50. The van der Waals surface area contributed by atoms with Crippen molar-refractivity contribution >= 4 is 33.5 Å². The summed E-state index contributed by atoms with van der Waals surface area (Å²) in [5.74, 6) is 0.0376. The lowest BCUT2D eigenvalue weighted by Crippen LogP contribution is -2.12. The number of nitrogens with two attached hydrogens (primary N) is 1. The molecule has 0 aliphatic heterocycles. The van der Waals surface area contributed by atoms with E-state index in [2.05, 4.69) is 20.9 Å². The Morgan fingerprint density at radius 1 is 1.29 bits per heavy atom. The molecule has 2 rings (SSSR count). The van der Waals surface area contributed by atoms with Gasteiger partial charge in [-0.2, -0.15) is 0 Å². The van der Waals surface area contributed by atoms with Crippen LogP contribution >= 0.6 is 27.7 Å². The van der Waals surface area contributed by atoms with Gasteiger partial charge in [0, 0.05) is 21.1 Å². The molecule has 0 fully saturated rings. The number of hydrogen-bond donors (Lipinski definition) is 2. The third-order valence-corrected chi connectivity index (χ3v) is 3.57. The van der Waals surface area contributed by atoms with Crippen molar-refractivity contribution in [2.45, 2.75) is 9.92 Å². The minimum Gasteiger partial charge on any atom is -0.384 e. The van der Waals surface area contributed by atoms with Crippen LogP contribution in [0.15, 0.2) is 57.0 Å². The van der Waals surface area contributed by atoms with E-state index in [-0.39, 0.29) is 5.84 Å². The quantitative estimate of drug-likeness (QED) is 0.675. The highest BCUT2D eigenvalue weighted by molar-refractivity contribution is 9.10. The second-order valence-electron chi connectivity index (χ2n) is 3.33. The third kappa shape index (κ3) is 3.08. The number of hydrogen-bond acceptors (Lipinski definition) is 3. The number of nitrogens with one attached hydrogen (secondary N) is 1. The maximum Gasteiger partial charge on any atom is 0.125 e. The molecule has 1 aromatic carbocycles. The van der Waals surface area contributed by atoms with Crippen molar-refractivity contribution in [2.24, 2.45) is 5.73 Å². The Labute approximate surface area is 112 Å². The molecule has 1 heterocycles. The largest absolute Gasteiger partial charge is 0.384 e. The molecule has 5 heteroatoms. The second kappa shape index (κ2) is 5.33. The van der Waals surface area contributed by atoms with Crippen LogP contribution in [0.5, 0.6) is 0 Å². The zero-order valence-electron chi connectivity index (χ0n) is 8.85. The SMILES string of the molecule is N=C(N)c1cccnc1Sc1cccc(Br)c1. The van der Waals surface area contributed by atoms with Gasteiger partial charge in [-0.05, 0) is 30.3 Å². The van der Waals surface area contributed by atoms with E-state index in [4.69, 9.17) is 11.1 Å². The Balaban J connectivity index is 2.33. The topological polar surface area (TPSA) is 62.8 Å². The fourth-order valence-corrected chi connectivity index (χ4v) is 2.83. The minimum atomic E-state index is 0.0376. The molecule has 0 atom stereocenters. The highest BCUT2D eigenvalue weighted by Crippen LogP contribution is 2.29. The molecule has 0 saturated carbocycles. The molecule has 1 aromatic heterocycles. The first kappa shape index (κ1) is 12.1. The number of nitrogen functional groups attached to an aromatic ring is 1. The second-order valence-corrected chi connectivity index (χ2v) is 5.31. The molecule has 86 valence electrons. The predicted octanol–water partition coefficient (Wildman–Crippen LogP) is 3.28. The van der Waals surface area contributed by atoms with Gasteiger partial charge in [-0.15, -0.1) is 0 Å². The van der Waals surface area contributed by atoms with Gasteiger partial charge in [0.15, 0.2) is 0 Å². The number of pyridine rings is 1. The molecule has 0 aliphatic carbocycles. The van der Waals surface area contributed by atoms with Gasteiger partial charge in [-0.3, -0.25) is 5.41 Å². The molecule has 3 N–H and O–H groups in total. The molecule has 17 heavy (non-hydrogen) atoms. The van der Waals surface area contributed by atoms with Crippen molar-refractivity contribution < 1.29 is 0 Å². The minimum absolute atomic E-state index is 0.0376. The average molecular weight is 308 g/mol. The van der Waals surface area contributed by atoms with E-state index in [0.29, 0.717) is 5.56 Å². The van der Waals surface area contributed by atoms with Crippen LogP contribution in [0.1, 0.15) is 5.56 Å². The summed E-state index contributed by atoms with van der Waals surface area (Å²) in [4.78, 5) is 5.31. The molecule has 0 unspecified atom stereocenters. The number of amidine groups is 1. The van der Waals surface area contributed by atoms with E-state index in [1.165, 1.54) is 11.8 Å². The van der Waals surface area contributed by atoms with Crippen LogP contribution in [0.25, 0.3) is 0 Å². The summed E-state index contributed by atoms with van der Waals surface area (Å²) in [6, 6.07) is 11.5. The highest BCUT2D eigenvalue weighted by Gasteiger charge is 2.07. The van der Waals surface area contributed by atoms with Crippen LogP contribution < -0.4 is 5.73 Å². The van der Waals surface area contributed by atoms with Crippen LogP contribution in [0.4, 0.5) is 0 Å². The molecule has 2 aromatic rings. The van der Waals surface area contributed by atoms with E-state index < -0.39 is 0 Å². The summed E-state index contributed by atoms with van der Waals surface area (Å²) in [7, 11) is 0. The maximum absolute atomic E-state index is 7.50. The monoisotopic (exact) mass is 307 g/mol. The molecule has 0 saturated heterocycles. The summed E-state index contributed by atoms with van der Waals surface area (Å²) >= 11 is 4.92. The van der Waals surface area contributed by atoms with E-state index in [1.54, 1.807) is 18.3 Å². The Morgan fingerprint density at radius 2 is 2.12 bits per heavy atom.